The first-order valence-corrected chi connectivity index (χ1v) is 8.01. The molecular weight excluding hydrogens is 278 g/mol. The Morgan fingerprint density at radius 1 is 1.18 bits per heavy atom. The minimum absolute atomic E-state index is 0.328. The number of amides is 1. The van der Waals surface area contributed by atoms with Crippen LogP contribution in [0.25, 0.3) is 0 Å². The summed E-state index contributed by atoms with van der Waals surface area (Å²) in [6.45, 7) is 3.69. The first-order valence-electron chi connectivity index (χ1n) is 8.01. The Labute approximate surface area is 130 Å². The first kappa shape index (κ1) is 14.8. The summed E-state index contributed by atoms with van der Waals surface area (Å²) in [6, 6.07) is 1.98. The quantitative estimate of drug-likeness (QED) is 0.847. The van der Waals surface area contributed by atoms with Crippen molar-refractivity contribution in [3.63, 3.8) is 0 Å². The lowest BCUT2D eigenvalue weighted by molar-refractivity contribution is -0.131. The highest BCUT2D eigenvalue weighted by Crippen LogP contribution is 2.25. The van der Waals surface area contributed by atoms with Gasteiger partial charge in [0, 0.05) is 32.6 Å². The van der Waals surface area contributed by atoms with Crippen molar-refractivity contribution in [1.29, 1.82) is 5.26 Å². The van der Waals surface area contributed by atoms with Crippen LogP contribution >= 0.6 is 0 Å². The van der Waals surface area contributed by atoms with Gasteiger partial charge in [0.1, 0.15) is 11.9 Å². The van der Waals surface area contributed by atoms with E-state index in [2.05, 4.69) is 14.9 Å². The van der Waals surface area contributed by atoms with Crippen LogP contribution in [-0.4, -0.2) is 47.0 Å². The van der Waals surface area contributed by atoms with E-state index in [0.717, 1.165) is 57.7 Å². The molecule has 1 amide bonds. The van der Waals surface area contributed by atoms with Crippen molar-refractivity contribution in [2.24, 2.45) is 5.92 Å². The van der Waals surface area contributed by atoms with Crippen molar-refractivity contribution in [1.82, 2.24) is 14.9 Å². The van der Waals surface area contributed by atoms with Gasteiger partial charge in [-0.3, -0.25) is 4.79 Å². The molecule has 1 aromatic rings. The maximum Gasteiger partial charge on any atom is 0.222 e. The molecule has 116 valence electrons. The van der Waals surface area contributed by atoms with E-state index in [0.29, 0.717) is 23.9 Å². The molecule has 2 aliphatic rings. The van der Waals surface area contributed by atoms with E-state index in [9.17, 15) is 4.79 Å². The van der Waals surface area contributed by atoms with Crippen molar-refractivity contribution in [3.05, 3.63) is 18.1 Å². The predicted molar refractivity (Wildman–Crippen MR) is 82.1 cm³/mol. The average Bonchev–Trinajstić information content (AvgIpc) is 3.10. The van der Waals surface area contributed by atoms with Gasteiger partial charge in [0.05, 0.1) is 12.4 Å². The van der Waals surface area contributed by atoms with Gasteiger partial charge in [-0.05, 0) is 31.6 Å². The van der Waals surface area contributed by atoms with Crippen molar-refractivity contribution in [3.8, 4) is 6.07 Å². The van der Waals surface area contributed by atoms with Crippen LogP contribution in [0.1, 0.15) is 37.8 Å². The molecular formula is C16H21N5O. The summed E-state index contributed by atoms with van der Waals surface area (Å²) < 4.78 is 0. The molecule has 0 atom stereocenters. The van der Waals surface area contributed by atoms with Gasteiger partial charge in [-0.25, -0.2) is 9.97 Å². The monoisotopic (exact) mass is 299 g/mol. The third-order valence-electron chi connectivity index (χ3n) is 4.61. The number of nitriles is 1. The third kappa shape index (κ3) is 3.35. The second-order valence-electron chi connectivity index (χ2n) is 6.09. The minimum Gasteiger partial charge on any atom is -0.355 e. The Hall–Kier alpha value is -2.16. The topological polar surface area (TPSA) is 73.1 Å². The van der Waals surface area contributed by atoms with E-state index in [1.165, 1.54) is 6.20 Å². The molecule has 3 heterocycles. The minimum atomic E-state index is 0.328. The van der Waals surface area contributed by atoms with Crippen LogP contribution in [0, 0.1) is 17.2 Å². The molecule has 22 heavy (non-hydrogen) atoms. The number of hydrogen-bond donors (Lipinski definition) is 0. The number of aromatic nitrogens is 2. The van der Waals surface area contributed by atoms with Crippen molar-refractivity contribution < 1.29 is 4.79 Å². The van der Waals surface area contributed by atoms with Crippen LogP contribution in [0.4, 0.5) is 5.82 Å². The molecule has 2 saturated heterocycles. The highest BCUT2D eigenvalue weighted by molar-refractivity contribution is 5.76. The van der Waals surface area contributed by atoms with Gasteiger partial charge < -0.3 is 9.80 Å². The van der Waals surface area contributed by atoms with E-state index in [-0.39, 0.29) is 0 Å². The number of piperidine rings is 1. The largest absolute Gasteiger partial charge is 0.355 e. The smallest absolute Gasteiger partial charge is 0.222 e. The fourth-order valence-corrected chi connectivity index (χ4v) is 3.25. The molecule has 0 saturated carbocycles. The molecule has 0 aliphatic carbocycles. The summed E-state index contributed by atoms with van der Waals surface area (Å²) in [7, 11) is 0. The first-order chi connectivity index (χ1) is 10.8. The molecule has 1 aromatic heterocycles. The lowest BCUT2D eigenvalue weighted by atomic mass is 9.93. The predicted octanol–water partition coefficient (Wildman–Crippen LogP) is 1.58. The molecule has 0 radical (unpaired) electrons. The Balaban J connectivity index is 1.49. The average molecular weight is 299 g/mol. The summed E-state index contributed by atoms with van der Waals surface area (Å²) in [5, 5.41) is 8.75. The van der Waals surface area contributed by atoms with Crippen molar-refractivity contribution >= 4 is 11.7 Å². The fraction of sp³-hybridized carbons (Fsp3) is 0.625. The zero-order chi connectivity index (χ0) is 15.4. The molecule has 0 aromatic carbocycles. The van der Waals surface area contributed by atoms with Gasteiger partial charge >= 0.3 is 0 Å². The van der Waals surface area contributed by atoms with Gasteiger partial charge in [0.2, 0.25) is 5.91 Å². The van der Waals surface area contributed by atoms with Crippen LogP contribution in [0.2, 0.25) is 0 Å². The molecule has 0 bridgehead atoms. The second-order valence-corrected chi connectivity index (χ2v) is 6.09. The third-order valence-corrected chi connectivity index (χ3v) is 4.61. The van der Waals surface area contributed by atoms with Crippen LogP contribution in [-0.2, 0) is 4.79 Å². The number of carbonyl (C=O) groups excluding carboxylic acids is 1. The normalized spacial score (nSPS) is 19.2. The van der Waals surface area contributed by atoms with Crippen LogP contribution in [0.5, 0.6) is 0 Å². The number of anilines is 1. The van der Waals surface area contributed by atoms with Crippen LogP contribution in [0.15, 0.2) is 12.4 Å². The molecule has 6 heteroatoms. The van der Waals surface area contributed by atoms with Crippen molar-refractivity contribution in [2.75, 3.05) is 31.1 Å². The van der Waals surface area contributed by atoms with Gasteiger partial charge in [0.15, 0.2) is 5.69 Å². The number of carbonyl (C=O) groups is 1. The second kappa shape index (κ2) is 6.73. The zero-order valence-corrected chi connectivity index (χ0v) is 12.7. The Morgan fingerprint density at radius 3 is 2.50 bits per heavy atom. The van der Waals surface area contributed by atoms with E-state index in [1.807, 2.05) is 11.0 Å². The SMILES string of the molecule is N#Cc1cnc(N2CCC(CC(=O)N3CCCC3)CC2)cn1. The van der Waals surface area contributed by atoms with Crippen LogP contribution in [0.3, 0.4) is 0 Å². The molecule has 6 nitrogen and oxygen atoms in total. The van der Waals surface area contributed by atoms with E-state index >= 15 is 0 Å². The van der Waals surface area contributed by atoms with Crippen LogP contribution < -0.4 is 4.90 Å². The number of rotatable bonds is 3. The standard InChI is InChI=1S/C16H21N5O/c17-10-14-11-19-15(12-18-14)20-7-3-13(4-8-20)9-16(22)21-5-1-2-6-21/h11-13H,1-9H2. The Kier molecular flexibility index (Phi) is 4.52. The van der Waals surface area contributed by atoms with E-state index in [4.69, 9.17) is 5.26 Å². The molecule has 3 rings (SSSR count). The Bertz CT molecular complexity index is 551. The summed E-state index contributed by atoms with van der Waals surface area (Å²) in [4.78, 5) is 24.7. The van der Waals surface area contributed by atoms with Gasteiger partial charge in [-0.1, -0.05) is 0 Å². The maximum atomic E-state index is 12.2. The summed E-state index contributed by atoms with van der Waals surface area (Å²) in [5.41, 5.74) is 0.342. The molecule has 2 aliphatic heterocycles. The fourth-order valence-electron chi connectivity index (χ4n) is 3.25. The van der Waals surface area contributed by atoms with Gasteiger partial charge in [-0.2, -0.15) is 5.26 Å². The highest BCUT2D eigenvalue weighted by atomic mass is 16.2. The zero-order valence-electron chi connectivity index (χ0n) is 12.7. The van der Waals surface area contributed by atoms with Gasteiger partial charge in [0.25, 0.3) is 0 Å². The summed E-state index contributed by atoms with van der Waals surface area (Å²) >= 11 is 0. The summed E-state index contributed by atoms with van der Waals surface area (Å²) in [5.74, 6) is 1.63. The number of likely N-dealkylation sites (tertiary alicyclic amines) is 1. The molecule has 0 unspecified atom stereocenters. The molecule has 0 spiro atoms. The van der Waals surface area contributed by atoms with E-state index < -0.39 is 0 Å². The lowest BCUT2D eigenvalue weighted by Gasteiger charge is -2.32. The molecule has 2 fully saturated rings. The maximum absolute atomic E-state index is 12.2. The van der Waals surface area contributed by atoms with Crippen molar-refractivity contribution in [2.45, 2.75) is 32.1 Å². The van der Waals surface area contributed by atoms with E-state index in [1.54, 1.807) is 6.20 Å². The lowest BCUT2D eigenvalue weighted by Crippen LogP contribution is -2.37. The summed E-state index contributed by atoms with van der Waals surface area (Å²) in [6.07, 6.45) is 8.20. The van der Waals surface area contributed by atoms with Gasteiger partial charge in [-0.15, -0.1) is 0 Å². The number of hydrogen-bond acceptors (Lipinski definition) is 5. The highest BCUT2D eigenvalue weighted by Gasteiger charge is 2.25. The Morgan fingerprint density at radius 2 is 1.91 bits per heavy atom. The number of nitrogens with zero attached hydrogens (tertiary/aromatic N) is 5. The molecule has 0 N–H and O–H groups in total.